The van der Waals surface area contributed by atoms with Gasteiger partial charge in [-0.3, -0.25) is 9.69 Å². The van der Waals surface area contributed by atoms with Crippen LogP contribution in [0.5, 0.6) is 5.75 Å². The molecule has 182 valence electrons. The summed E-state index contributed by atoms with van der Waals surface area (Å²) in [6.07, 6.45) is 0.941. The highest BCUT2D eigenvalue weighted by molar-refractivity contribution is 7.91. The van der Waals surface area contributed by atoms with E-state index in [-0.39, 0.29) is 21.8 Å². The van der Waals surface area contributed by atoms with Crippen LogP contribution in [0.3, 0.4) is 0 Å². The Kier molecular flexibility index (Phi) is 8.90. The third-order valence-corrected chi connectivity index (χ3v) is 7.21. The van der Waals surface area contributed by atoms with Gasteiger partial charge in [0.25, 0.3) is 5.91 Å². The van der Waals surface area contributed by atoms with E-state index < -0.39 is 15.7 Å². The average molecular weight is 485 g/mol. The van der Waals surface area contributed by atoms with Crippen molar-refractivity contribution in [3.8, 4) is 5.75 Å². The first-order valence-corrected chi connectivity index (χ1v) is 13.0. The van der Waals surface area contributed by atoms with Gasteiger partial charge in [-0.2, -0.15) is 0 Å². The molecule has 1 atom stereocenters. The smallest absolute Gasteiger partial charge is 0.287 e. The van der Waals surface area contributed by atoms with Crippen molar-refractivity contribution in [2.45, 2.75) is 43.2 Å². The van der Waals surface area contributed by atoms with Gasteiger partial charge < -0.3 is 14.5 Å². The molecule has 0 saturated carbocycles. The van der Waals surface area contributed by atoms with Crippen molar-refractivity contribution in [3.05, 3.63) is 78.1 Å². The summed E-state index contributed by atoms with van der Waals surface area (Å²) in [7, 11) is -3.82. The van der Waals surface area contributed by atoms with Crippen molar-refractivity contribution in [3.63, 3.8) is 0 Å². The van der Waals surface area contributed by atoms with Crippen molar-refractivity contribution in [1.29, 1.82) is 0 Å². The van der Waals surface area contributed by atoms with Crippen molar-refractivity contribution in [2.75, 3.05) is 26.2 Å². The maximum absolute atomic E-state index is 12.8. The molecule has 1 heterocycles. The number of furan rings is 1. The van der Waals surface area contributed by atoms with Crippen LogP contribution < -0.4 is 10.1 Å². The Balaban J connectivity index is 1.73. The number of nitrogens with one attached hydrogen (secondary N) is 1. The summed E-state index contributed by atoms with van der Waals surface area (Å²) in [4.78, 5) is 15.2. The van der Waals surface area contributed by atoms with Crippen LogP contribution in [0.15, 0.2) is 81.1 Å². The van der Waals surface area contributed by atoms with Gasteiger partial charge in [0.15, 0.2) is 5.76 Å². The second-order valence-corrected chi connectivity index (χ2v) is 9.68. The highest BCUT2D eigenvalue weighted by atomic mass is 32.2. The SMILES string of the molecule is CCCOc1ccc(C(CNC(=O)c2ccc(S(=O)(=O)c3ccccc3)o2)N(CC)CC)cc1. The average Bonchev–Trinajstić information content (AvgIpc) is 3.38. The lowest BCUT2D eigenvalue weighted by molar-refractivity contribution is 0.0902. The molecule has 0 radical (unpaired) electrons. The Hall–Kier alpha value is -3.10. The van der Waals surface area contributed by atoms with Gasteiger partial charge in [-0.05, 0) is 61.5 Å². The van der Waals surface area contributed by atoms with Crippen LogP contribution in [-0.2, 0) is 9.84 Å². The minimum Gasteiger partial charge on any atom is -0.494 e. The summed E-state index contributed by atoms with van der Waals surface area (Å²) in [5, 5.41) is 2.64. The van der Waals surface area contributed by atoms with Gasteiger partial charge in [-0.25, -0.2) is 8.42 Å². The molecule has 1 unspecified atom stereocenters. The molecule has 7 nitrogen and oxygen atoms in total. The summed E-state index contributed by atoms with van der Waals surface area (Å²) < 4.78 is 36.6. The van der Waals surface area contributed by atoms with Crippen molar-refractivity contribution in [1.82, 2.24) is 10.2 Å². The van der Waals surface area contributed by atoms with E-state index in [1.54, 1.807) is 18.2 Å². The monoisotopic (exact) mass is 484 g/mol. The number of sulfone groups is 1. The fraction of sp³-hybridized carbons (Fsp3) is 0.346. The fourth-order valence-electron chi connectivity index (χ4n) is 3.71. The largest absolute Gasteiger partial charge is 0.494 e. The zero-order chi connectivity index (χ0) is 24.6. The number of rotatable bonds is 12. The summed E-state index contributed by atoms with van der Waals surface area (Å²) in [5.74, 6) is 0.307. The van der Waals surface area contributed by atoms with Gasteiger partial charge in [0.2, 0.25) is 14.9 Å². The standard InChI is InChI=1S/C26H32N2O5S/c1-4-18-32-21-14-12-20(13-15-21)23(28(5-2)6-3)19-27-26(29)24-16-17-25(33-24)34(30,31)22-10-8-7-9-11-22/h7-17,23H,4-6,18-19H2,1-3H3,(H,27,29). The Morgan fingerprint density at radius 1 is 0.971 bits per heavy atom. The molecule has 0 fully saturated rings. The number of carbonyl (C=O) groups excluding carboxylic acids is 1. The predicted octanol–water partition coefficient (Wildman–Crippen LogP) is 4.71. The molecule has 3 rings (SSSR count). The van der Waals surface area contributed by atoms with E-state index in [2.05, 4.69) is 31.0 Å². The molecule has 1 amide bonds. The number of hydrogen-bond donors (Lipinski definition) is 1. The second kappa shape index (κ2) is 11.9. The topological polar surface area (TPSA) is 88.8 Å². The summed E-state index contributed by atoms with van der Waals surface area (Å²) >= 11 is 0. The van der Waals surface area contributed by atoms with E-state index in [1.807, 2.05) is 24.3 Å². The molecule has 0 spiro atoms. The van der Waals surface area contributed by atoms with E-state index in [9.17, 15) is 13.2 Å². The van der Waals surface area contributed by atoms with Crippen LogP contribution in [0.1, 0.15) is 49.4 Å². The van der Waals surface area contributed by atoms with Crippen LogP contribution in [0.2, 0.25) is 0 Å². The molecule has 0 aliphatic rings. The molecule has 3 aromatic rings. The van der Waals surface area contributed by atoms with Crippen LogP contribution >= 0.6 is 0 Å². The second-order valence-electron chi connectivity index (χ2n) is 7.80. The molecule has 1 aromatic heterocycles. The molecule has 1 N–H and O–H groups in total. The third kappa shape index (κ3) is 6.07. The van der Waals surface area contributed by atoms with Crippen LogP contribution in [0.4, 0.5) is 0 Å². The molecular formula is C26H32N2O5S. The molecule has 0 saturated heterocycles. The van der Waals surface area contributed by atoms with Gasteiger partial charge in [-0.1, -0.05) is 51.1 Å². The number of hydrogen-bond acceptors (Lipinski definition) is 6. The van der Waals surface area contributed by atoms with Crippen LogP contribution in [-0.4, -0.2) is 45.5 Å². The quantitative estimate of drug-likeness (QED) is 0.400. The molecular weight excluding hydrogens is 452 g/mol. The molecule has 0 aliphatic carbocycles. The van der Waals surface area contributed by atoms with E-state index in [4.69, 9.17) is 9.15 Å². The highest BCUT2D eigenvalue weighted by Gasteiger charge is 2.24. The number of likely N-dealkylation sites (N-methyl/N-ethyl adjacent to an activating group) is 1. The van der Waals surface area contributed by atoms with Gasteiger partial charge in [0.1, 0.15) is 5.75 Å². The summed E-state index contributed by atoms with van der Waals surface area (Å²) in [6.45, 7) is 8.84. The first kappa shape index (κ1) is 25.5. The maximum atomic E-state index is 12.8. The maximum Gasteiger partial charge on any atom is 0.287 e. The molecule has 34 heavy (non-hydrogen) atoms. The Morgan fingerprint density at radius 2 is 1.65 bits per heavy atom. The Labute approximate surface area is 201 Å². The van der Waals surface area contributed by atoms with Gasteiger partial charge in [0.05, 0.1) is 17.5 Å². The van der Waals surface area contributed by atoms with Crippen molar-refractivity contribution >= 4 is 15.7 Å². The molecule has 0 aliphatic heterocycles. The van der Waals surface area contributed by atoms with E-state index in [0.717, 1.165) is 30.8 Å². The minimum atomic E-state index is -3.82. The third-order valence-electron chi connectivity index (χ3n) is 5.57. The van der Waals surface area contributed by atoms with Gasteiger partial charge in [0, 0.05) is 6.54 Å². The lowest BCUT2D eigenvalue weighted by Crippen LogP contribution is -2.38. The van der Waals surface area contributed by atoms with Crippen LogP contribution in [0.25, 0.3) is 0 Å². The fourth-order valence-corrected chi connectivity index (χ4v) is 4.90. The number of ether oxygens (including phenoxy) is 1. The lowest BCUT2D eigenvalue weighted by atomic mass is 10.0. The first-order valence-electron chi connectivity index (χ1n) is 11.6. The van der Waals surface area contributed by atoms with E-state index in [1.165, 1.54) is 24.3 Å². The zero-order valence-corrected chi connectivity index (χ0v) is 20.7. The Bertz CT molecular complexity index is 1150. The normalized spacial score (nSPS) is 12.5. The van der Waals surface area contributed by atoms with Crippen molar-refractivity contribution < 1.29 is 22.4 Å². The Morgan fingerprint density at radius 3 is 2.26 bits per heavy atom. The number of amides is 1. The predicted molar refractivity (Wildman–Crippen MR) is 131 cm³/mol. The highest BCUT2D eigenvalue weighted by Crippen LogP contribution is 2.25. The lowest BCUT2D eigenvalue weighted by Gasteiger charge is -2.30. The van der Waals surface area contributed by atoms with E-state index in [0.29, 0.717) is 13.2 Å². The minimum absolute atomic E-state index is 0.0453. The zero-order valence-electron chi connectivity index (χ0n) is 19.9. The van der Waals surface area contributed by atoms with Crippen LogP contribution in [0, 0.1) is 0 Å². The summed E-state index contributed by atoms with van der Waals surface area (Å²) in [5.41, 5.74) is 1.06. The van der Waals surface area contributed by atoms with Crippen molar-refractivity contribution in [2.24, 2.45) is 0 Å². The van der Waals surface area contributed by atoms with E-state index >= 15 is 0 Å². The molecule has 2 aromatic carbocycles. The number of benzene rings is 2. The number of nitrogens with zero attached hydrogens (tertiary/aromatic N) is 1. The molecule has 0 bridgehead atoms. The van der Waals surface area contributed by atoms with Gasteiger partial charge in [-0.15, -0.1) is 0 Å². The van der Waals surface area contributed by atoms with Gasteiger partial charge >= 0.3 is 0 Å². The first-order chi connectivity index (χ1) is 16.4. The molecule has 8 heteroatoms. The summed E-state index contributed by atoms with van der Waals surface area (Å²) in [6, 6.07) is 18.5. The number of carbonyl (C=O) groups is 1.